The number of amidine groups is 1. The van der Waals surface area contributed by atoms with Crippen LogP contribution in [0.25, 0.3) is 17.0 Å². The highest BCUT2D eigenvalue weighted by atomic mass is 32.2. The van der Waals surface area contributed by atoms with Crippen LogP contribution in [0.2, 0.25) is 0 Å². The summed E-state index contributed by atoms with van der Waals surface area (Å²) in [6, 6.07) is 7.66. The molecule has 12 heteroatoms. The number of rotatable bonds is 10. The molecule has 6 nitrogen and oxygen atoms in total. The van der Waals surface area contributed by atoms with Gasteiger partial charge < -0.3 is 10.2 Å². The summed E-state index contributed by atoms with van der Waals surface area (Å²) in [5.41, 5.74) is -0.593. The highest BCUT2D eigenvalue weighted by molar-refractivity contribution is 8.18. The minimum absolute atomic E-state index is 0.00875. The Bertz CT molecular complexity index is 1470. The van der Waals surface area contributed by atoms with E-state index in [1.807, 2.05) is 12.1 Å². The minimum Gasteiger partial charge on any atom is -0.302 e. The summed E-state index contributed by atoms with van der Waals surface area (Å²) in [5.74, 6) is -3.15. The number of benzene rings is 2. The molecule has 0 atom stereocenters. The number of fused-ring (bicyclic) bond motifs is 1. The molecule has 0 aliphatic carbocycles. The van der Waals surface area contributed by atoms with E-state index in [-0.39, 0.29) is 17.3 Å². The second kappa shape index (κ2) is 11.9. The molecular weight excluding hydrogens is 549 g/mol. The van der Waals surface area contributed by atoms with Gasteiger partial charge in [0.05, 0.1) is 29.1 Å². The van der Waals surface area contributed by atoms with Gasteiger partial charge >= 0.3 is 6.18 Å². The molecule has 0 saturated carbocycles. The summed E-state index contributed by atoms with van der Waals surface area (Å²) in [4.78, 5) is 19.5. The first-order valence-electron chi connectivity index (χ1n) is 12.6. The van der Waals surface area contributed by atoms with E-state index < -0.39 is 23.2 Å². The highest BCUT2D eigenvalue weighted by Crippen LogP contribution is 2.37. The minimum atomic E-state index is -4.76. The normalized spacial score (nSPS) is 16.4. The summed E-state index contributed by atoms with van der Waals surface area (Å²) in [7, 11) is 0. The SMILES string of the molecule is C=CC(F)(F)c1cc(C(F)(F)F)ccc1Cn1cc2cc(/C=C3\SC(=O)NC3=NCCN(CC)CC)ccc2n1. The van der Waals surface area contributed by atoms with Crippen LogP contribution in [0.5, 0.6) is 0 Å². The topological polar surface area (TPSA) is 62.5 Å². The van der Waals surface area contributed by atoms with Crippen molar-refractivity contribution in [1.29, 1.82) is 0 Å². The molecule has 0 spiro atoms. The fraction of sp³-hybridized carbons (Fsp3) is 0.321. The van der Waals surface area contributed by atoms with Crippen molar-refractivity contribution in [3.63, 3.8) is 0 Å². The summed E-state index contributed by atoms with van der Waals surface area (Å²) in [6.45, 7) is 10.2. The van der Waals surface area contributed by atoms with E-state index in [4.69, 9.17) is 0 Å². The smallest absolute Gasteiger partial charge is 0.302 e. The fourth-order valence-electron chi connectivity index (χ4n) is 4.29. The monoisotopic (exact) mass is 577 g/mol. The molecule has 0 radical (unpaired) electrons. The Balaban J connectivity index is 1.59. The molecule has 2 heterocycles. The number of aliphatic imine (C=N–C) groups is 1. The van der Waals surface area contributed by atoms with Crippen molar-refractivity contribution in [2.24, 2.45) is 4.99 Å². The number of nitrogens with one attached hydrogen (secondary N) is 1. The Hall–Kier alpha value is -3.51. The van der Waals surface area contributed by atoms with E-state index in [2.05, 4.69) is 40.7 Å². The second-order valence-corrected chi connectivity index (χ2v) is 10.1. The van der Waals surface area contributed by atoms with Gasteiger partial charge in [-0.2, -0.15) is 27.1 Å². The Kier molecular flexibility index (Phi) is 8.79. The molecule has 40 heavy (non-hydrogen) atoms. The van der Waals surface area contributed by atoms with Gasteiger partial charge in [0.25, 0.3) is 11.2 Å². The fourth-order valence-corrected chi connectivity index (χ4v) is 5.05. The van der Waals surface area contributed by atoms with E-state index in [9.17, 15) is 26.7 Å². The molecule has 212 valence electrons. The maximum atomic E-state index is 14.5. The third-order valence-electron chi connectivity index (χ3n) is 6.50. The Labute approximate surface area is 232 Å². The Morgan fingerprint density at radius 3 is 2.55 bits per heavy atom. The molecule has 1 N–H and O–H groups in total. The van der Waals surface area contributed by atoms with Gasteiger partial charge in [-0.15, -0.1) is 0 Å². The van der Waals surface area contributed by atoms with E-state index in [0.717, 1.165) is 49.1 Å². The molecular formula is C28H28F5N5OS. The Morgan fingerprint density at radius 2 is 1.88 bits per heavy atom. The quantitative estimate of drug-likeness (QED) is 0.210. The van der Waals surface area contributed by atoms with Crippen molar-refractivity contribution in [2.45, 2.75) is 32.5 Å². The van der Waals surface area contributed by atoms with E-state index in [1.165, 1.54) is 4.68 Å². The molecule has 0 bridgehead atoms. The molecule has 1 fully saturated rings. The number of nitrogens with zero attached hydrogens (tertiary/aromatic N) is 4. The number of carbonyl (C=O) groups excluding carboxylic acids is 1. The largest absolute Gasteiger partial charge is 0.416 e. The lowest BCUT2D eigenvalue weighted by molar-refractivity contribution is -0.137. The number of hydrogen-bond donors (Lipinski definition) is 1. The van der Waals surface area contributed by atoms with Gasteiger partial charge in [-0.1, -0.05) is 32.6 Å². The van der Waals surface area contributed by atoms with Crippen molar-refractivity contribution in [1.82, 2.24) is 20.0 Å². The van der Waals surface area contributed by atoms with Crippen molar-refractivity contribution < 1.29 is 26.7 Å². The lowest BCUT2D eigenvalue weighted by Crippen LogP contribution is -2.27. The maximum absolute atomic E-state index is 14.5. The first-order valence-corrected chi connectivity index (χ1v) is 13.4. The van der Waals surface area contributed by atoms with Crippen LogP contribution in [-0.4, -0.2) is 51.9 Å². The van der Waals surface area contributed by atoms with Crippen LogP contribution in [0.3, 0.4) is 0 Å². The third-order valence-corrected chi connectivity index (χ3v) is 7.31. The number of aromatic nitrogens is 2. The third kappa shape index (κ3) is 6.79. The molecule has 0 unspecified atom stereocenters. The standard InChI is InChI=1S/C28H28F5N5OS/c1-4-27(29,30)22-15-21(28(31,32)33)9-8-19(22)16-38-17-20-13-18(7-10-23(20)36-38)14-24-25(35-26(39)40-24)34-11-12-37(5-2)6-3/h4,7-10,13-15,17H,1,5-6,11-12,16H2,2-3H3,(H,34,35,39)/b24-14-. The molecule has 2 aromatic carbocycles. The average Bonchev–Trinajstić information content (AvgIpc) is 3.47. The first kappa shape index (κ1) is 29.5. The van der Waals surface area contributed by atoms with Crippen molar-refractivity contribution >= 4 is 39.8 Å². The molecule has 3 aromatic rings. The summed E-state index contributed by atoms with van der Waals surface area (Å²) < 4.78 is 70.0. The van der Waals surface area contributed by atoms with Crippen molar-refractivity contribution in [3.05, 3.63) is 82.4 Å². The maximum Gasteiger partial charge on any atom is 0.416 e. The van der Waals surface area contributed by atoms with E-state index in [0.29, 0.717) is 40.3 Å². The highest BCUT2D eigenvalue weighted by Gasteiger charge is 2.36. The van der Waals surface area contributed by atoms with E-state index >= 15 is 0 Å². The van der Waals surface area contributed by atoms with Gasteiger partial charge in [-0.05, 0) is 72.4 Å². The van der Waals surface area contributed by atoms with Crippen LogP contribution in [0.4, 0.5) is 26.7 Å². The number of carbonyl (C=O) groups is 1. The number of hydrogen-bond acceptors (Lipinski definition) is 5. The number of allylic oxidation sites excluding steroid dienone is 1. The van der Waals surface area contributed by atoms with E-state index in [1.54, 1.807) is 18.3 Å². The van der Waals surface area contributed by atoms with Crippen LogP contribution < -0.4 is 5.32 Å². The zero-order valence-electron chi connectivity index (χ0n) is 21.9. The summed E-state index contributed by atoms with van der Waals surface area (Å²) in [6.07, 6.45) is -0.972. The number of thioether (sulfide) groups is 1. The zero-order chi connectivity index (χ0) is 29.1. The summed E-state index contributed by atoms with van der Waals surface area (Å²) >= 11 is 1.05. The number of likely N-dealkylation sites (N-methyl/N-ethyl adjacent to an activating group) is 1. The summed E-state index contributed by atoms with van der Waals surface area (Å²) in [5, 5.41) is 7.65. The predicted octanol–water partition coefficient (Wildman–Crippen LogP) is 6.92. The van der Waals surface area contributed by atoms with Crippen LogP contribution in [-0.2, 0) is 18.6 Å². The molecule has 1 aliphatic heterocycles. The van der Waals surface area contributed by atoms with Crippen LogP contribution in [0, 0.1) is 0 Å². The first-order chi connectivity index (χ1) is 18.9. The zero-order valence-corrected chi connectivity index (χ0v) is 22.8. The van der Waals surface area contributed by atoms with Gasteiger partial charge in [-0.3, -0.25) is 14.5 Å². The second-order valence-electron chi connectivity index (χ2n) is 9.12. The van der Waals surface area contributed by atoms with Gasteiger partial charge in [0, 0.05) is 23.7 Å². The van der Waals surface area contributed by atoms with Crippen LogP contribution in [0.15, 0.2) is 65.1 Å². The molecule has 1 aliphatic rings. The average molecular weight is 578 g/mol. The Morgan fingerprint density at radius 1 is 1.12 bits per heavy atom. The lowest BCUT2D eigenvalue weighted by Gasteiger charge is -2.19. The van der Waals surface area contributed by atoms with Crippen LogP contribution in [0.1, 0.15) is 36.1 Å². The van der Waals surface area contributed by atoms with Gasteiger partial charge in [0.15, 0.2) is 0 Å². The van der Waals surface area contributed by atoms with Gasteiger partial charge in [0.2, 0.25) is 0 Å². The number of amides is 1. The van der Waals surface area contributed by atoms with Crippen molar-refractivity contribution in [2.75, 3.05) is 26.2 Å². The van der Waals surface area contributed by atoms with Crippen LogP contribution >= 0.6 is 11.8 Å². The van der Waals surface area contributed by atoms with Gasteiger partial charge in [0.1, 0.15) is 5.84 Å². The number of halogens is 5. The predicted molar refractivity (Wildman–Crippen MR) is 149 cm³/mol. The lowest BCUT2D eigenvalue weighted by atomic mass is 9.98. The molecule has 1 saturated heterocycles. The molecule has 4 rings (SSSR count). The molecule has 1 aromatic heterocycles. The van der Waals surface area contributed by atoms with Crippen molar-refractivity contribution in [3.8, 4) is 0 Å². The van der Waals surface area contributed by atoms with Gasteiger partial charge in [-0.25, -0.2) is 0 Å². The number of alkyl halides is 5. The molecule has 1 amide bonds.